The van der Waals surface area contributed by atoms with Gasteiger partial charge in [0.25, 0.3) is 0 Å². The van der Waals surface area contributed by atoms with Crippen molar-refractivity contribution in [1.29, 1.82) is 0 Å². The average Bonchev–Trinajstić information content (AvgIpc) is 2.70. The molecule has 0 amide bonds. The van der Waals surface area contributed by atoms with E-state index in [0.29, 0.717) is 5.90 Å². The molecule has 0 saturated carbocycles. The van der Waals surface area contributed by atoms with Crippen LogP contribution in [0.15, 0.2) is 95.7 Å². The topological polar surface area (TPSA) is 30.8 Å². The minimum atomic E-state index is 0.505. The Morgan fingerprint density at radius 2 is 1.52 bits per heavy atom. The summed E-state index contributed by atoms with van der Waals surface area (Å²) in [4.78, 5) is 4.68. The van der Waals surface area contributed by atoms with Crippen LogP contribution in [-0.4, -0.2) is 5.90 Å². The van der Waals surface area contributed by atoms with E-state index in [-0.39, 0.29) is 0 Å². The molecule has 3 heteroatoms. The third-order valence-corrected chi connectivity index (χ3v) is 3.99. The van der Waals surface area contributed by atoms with Crippen LogP contribution in [0.3, 0.4) is 0 Å². The molecular formula is C24H23NO2. The van der Waals surface area contributed by atoms with Gasteiger partial charge in [0.1, 0.15) is 11.5 Å². The molecule has 0 saturated heterocycles. The summed E-state index contributed by atoms with van der Waals surface area (Å²) < 4.78 is 11.9. The third kappa shape index (κ3) is 5.32. The molecule has 0 N–H and O–H groups in total. The maximum atomic E-state index is 6.18. The Morgan fingerprint density at radius 1 is 0.852 bits per heavy atom. The number of aliphatic imine (C=N–C) groups is 1. The Bertz CT molecular complexity index is 945. The van der Waals surface area contributed by atoms with Gasteiger partial charge in [0, 0.05) is 5.57 Å². The molecule has 0 spiro atoms. The standard InChI is InChI=1S/C24H23NO2/c1-18-14-15-19(2)23(16-18)27-24(25-21-10-6-4-7-11-21)20(3)17-26-22-12-8-5-9-13-22/h4-17H,1-3H3. The molecule has 136 valence electrons. The molecule has 3 aromatic rings. The highest BCUT2D eigenvalue weighted by molar-refractivity contribution is 5.96. The molecule has 0 atom stereocenters. The highest BCUT2D eigenvalue weighted by Gasteiger charge is 2.10. The Balaban J connectivity index is 1.92. The lowest BCUT2D eigenvalue weighted by Crippen LogP contribution is -2.11. The van der Waals surface area contributed by atoms with E-state index in [9.17, 15) is 0 Å². The zero-order valence-electron chi connectivity index (χ0n) is 15.8. The second kappa shape index (κ2) is 8.86. The maximum absolute atomic E-state index is 6.18. The quantitative estimate of drug-likeness (QED) is 0.301. The monoisotopic (exact) mass is 357 g/mol. The molecule has 0 unspecified atom stereocenters. The smallest absolute Gasteiger partial charge is 0.225 e. The summed E-state index contributed by atoms with van der Waals surface area (Å²) in [6.45, 7) is 5.99. The van der Waals surface area contributed by atoms with Gasteiger partial charge in [0.2, 0.25) is 5.90 Å². The van der Waals surface area contributed by atoms with E-state index < -0.39 is 0 Å². The van der Waals surface area contributed by atoms with Crippen molar-refractivity contribution in [2.24, 2.45) is 4.99 Å². The lowest BCUT2D eigenvalue weighted by Gasteiger charge is -2.13. The molecular weight excluding hydrogens is 334 g/mol. The zero-order valence-corrected chi connectivity index (χ0v) is 15.8. The molecule has 3 rings (SSSR count). The van der Waals surface area contributed by atoms with Gasteiger partial charge in [0.05, 0.1) is 11.9 Å². The molecule has 0 aromatic heterocycles. The van der Waals surface area contributed by atoms with Crippen LogP contribution in [0.1, 0.15) is 18.1 Å². The Morgan fingerprint density at radius 3 is 2.22 bits per heavy atom. The SMILES string of the molecule is CC(=COc1ccccc1)C(=Nc1ccccc1)Oc1cc(C)ccc1C. The number of ether oxygens (including phenoxy) is 2. The van der Waals surface area contributed by atoms with Crippen molar-refractivity contribution in [2.45, 2.75) is 20.8 Å². The van der Waals surface area contributed by atoms with Crippen LogP contribution in [0, 0.1) is 13.8 Å². The van der Waals surface area contributed by atoms with Crippen molar-refractivity contribution >= 4 is 11.6 Å². The van der Waals surface area contributed by atoms with Gasteiger partial charge in [-0.15, -0.1) is 0 Å². The first-order valence-corrected chi connectivity index (χ1v) is 8.89. The van der Waals surface area contributed by atoms with E-state index in [4.69, 9.17) is 9.47 Å². The van der Waals surface area contributed by atoms with E-state index in [1.165, 1.54) is 0 Å². The van der Waals surface area contributed by atoms with Crippen LogP contribution in [0.2, 0.25) is 0 Å². The summed E-state index contributed by atoms with van der Waals surface area (Å²) >= 11 is 0. The molecule has 27 heavy (non-hydrogen) atoms. The average molecular weight is 357 g/mol. The van der Waals surface area contributed by atoms with Crippen molar-refractivity contribution in [3.8, 4) is 11.5 Å². The van der Waals surface area contributed by atoms with Crippen LogP contribution >= 0.6 is 0 Å². The van der Waals surface area contributed by atoms with Crippen molar-refractivity contribution in [3.05, 3.63) is 102 Å². The Hall–Kier alpha value is -3.33. The second-order valence-electron chi connectivity index (χ2n) is 6.36. The maximum Gasteiger partial charge on any atom is 0.225 e. The van der Waals surface area contributed by atoms with Gasteiger partial charge < -0.3 is 9.47 Å². The van der Waals surface area contributed by atoms with Crippen LogP contribution < -0.4 is 9.47 Å². The van der Waals surface area contributed by atoms with Crippen LogP contribution in [-0.2, 0) is 0 Å². The summed E-state index contributed by atoms with van der Waals surface area (Å²) in [7, 11) is 0. The van der Waals surface area contributed by atoms with Gasteiger partial charge in [-0.05, 0) is 62.2 Å². The fraction of sp³-hybridized carbons (Fsp3) is 0.125. The minimum absolute atomic E-state index is 0.505. The molecule has 0 aliphatic rings. The summed E-state index contributed by atoms with van der Waals surface area (Å²) in [5, 5.41) is 0. The van der Waals surface area contributed by atoms with Crippen molar-refractivity contribution in [2.75, 3.05) is 0 Å². The zero-order chi connectivity index (χ0) is 19.1. The van der Waals surface area contributed by atoms with Gasteiger partial charge in [-0.25, -0.2) is 4.99 Å². The van der Waals surface area contributed by atoms with E-state index in [2.05, 4.69) is 11.1 Å². The van der Waals surface area contributed by atoms with E-state index in [1.807, 2.05) is 93.6 Å². The number of benzene rings is 3. The van der Waals surface area contributed by atoms with Crippen LogP contribution in [0.25, 0.3) is 0 Å². The van der Waals surface area contributed by atoms with E-state index in [0.717, 1.165) is 33.9 Å². The van der Waals surface area contributed by atoms with Gasteiger partial charge in [-0.3, -0.25) is 0 Å². The fourth-order valence-corrected chi connectivity index (χ4v) is 2.44. The molecule has 3 aromatic carbocycles. The number of aryl methyl sites for hydroxylation is 2. The third-order valence-electron chi connectivity index (χ3n) is 3.99. The largest absolute Gasteiger partial charge is 0.465 e. The predicted molar refractivity (Wildman–Crippen MR) is 111 cm³/mol. The fourth-order valence-electron chi connectivity index (χ4n) is 2.44. The van der Waals surface area contributed by atoms with Gasteiger partial charge in [-0.2, -0.15) is 0 Å². The van der Waals surface area contributed by atoms with Crippen molar-refractivity contribution in [3.63, 3.8) is 0 Å². The van der Waals surface area contributed by atoms with Crippen LogP contribution in [0.4, 0.5) is 5.69 Å². The lowest BCUT2D eigenvalue weighted by molar-refractivity contribution is 0.473. The molecule has 0 aliphatic carbocycles. The molecule has 0 heterocycles. The first-order valence-electron chi connectivity index (χ1n) is 8.89. The summed E-state index contributed by atoms with van der Waals surface area (Å²) in [5.41, 5.74) is 3.81. The Labute approximate surface area is 160 Å². The molecule has 0 radical (unpaired) electrons. The molecule has 3 nitrogen and oxygen atoms in total. The first-order chi connectivity index (χ1) is 13.1. The molecule has 0 aliphatic heterocycles. The van der Waals surface area contributed by atoms with Crippen molar-refractivity contribution in [1.82, 2.24) is 0 Å². The number of rotatable bonds is 5. The molecule has 0 fully saturated rings. The second-order valence-corrected chi connectivity index (χ2v) is 6.36. The summed E-state index contributed by atoms with van der Waals surface area (Å²) in [6.07, 6.45) is 1.67. The highest BCUT2D eigenvalue weighted by atomic mass is 16.5. The summed E-state index contributed by atoms with van der Waals surface area (Å²) in [5.74, 6) is 2.06. The number of nitrogens with zero attached hydrogens (tertiary/aromatic N) is 1. The summed E-state index contributed by atoms with van der Waals surface area (Å²) in [6, 6.07) is 25.5. The minimum Gasteiger partial charge on any atom is -0.465 e. The van der Waals surface area contributed by atoms with Crippen molar-refractivity contribution < 1.29 is 9.47 Å². The normalized spacial score (nSPS) is 12.0. The predicted octanol–water partition coefficient (Wildman–Crippen LogP) is 6.40. The van der Waals surface area contributed by atoms with E-state index >= 15 is 0 Å². The van der Waals surface area contributed by atoms with Crippen LogP contribution in [0.5, 0.6) is 11.5 Å². The van der Waals surface area contributed by atoms with Gasteiger partial charge >= 0.3 is 0 Å². The highest BCUT2D eigenvalue weighted by Crippen LogP contribution is 2.22. The first kappa shape index (κ1) is 18.5. The van der Waals surface area contributed by atoms with E-state index in [1.54, 1.807) is 6.26 Å². The van der Waals surface area contributed by atoms with Gasteiger partial charge in [-0.1, -0.05) is 48.5 Å². The number of para-hydroxylation sites is 2. The van der Waals surface area contributed by atoms with Gasteiger partial charge in [0.15, 0.2) is 0 Å². The number of hydrogen-bond acceptors (Lipinski definition) is 3. The molecule has 0 bridgehead atoms. The Kier molecular flexibility index (Phi) is 6.06. The lowest BCUT2D eigenvalue weighted by atomic mass is 10.1. The number of hydrogen-bond donors (Lipinski definition) is 0.